The van der Waals surface area contributed by atoms with E-state index < -0.39 is 6.09 Å². The molecule has 3 amide bonds. The van der Waals surface area contributed by atoms with Gasteiger partial charge >= 0.3 is 6.09 Å². The summed E-state index contributed by atoms with van der Waals surface area (Å²) >= 11 is 0. The number of ether oxygens (including phenoxy) is 1. The van der Waals surface area contributed by atoms with Crippen molar-refractivity contribution in [1.82, 2.24) is 10.2 Å². The topological polar surface area (TPSA) is 75.7 Å². The van der Waals surface area contributed by atoms with Crippen LogP contribution in [0.25, 0.3) is 6.08 Å². The molecule has 0 unspecified atom stereocenters. The number of nitrogens with zero attached hydrogens (tertiary/aromatic N) is 1. The Hall–Kier alpha value is -2.89. The highest BCUT2D eigenvalue weighted by molar-refractivity contribution is 6.12. The molecule has 1 N–H and O–H groups in total. The Balaban J connectivity index is 1.48. The van der Waals surface area contributed by atoms with Crippen LogP contribution in [0.5, 0.6) is 0 Å². The van der Waals surface area contributed by atoms with Crippen LogP contribution in [0.3, 0.4) is 0 Å². The van der Waals surface area contributed by atoms with Gasteiger partial charge in [0.1, 0.15) is 6.61 Å². The average Bonchev–Trinajstić information content (AvgIpc) is 2.94. The van der Waals surface area contributed by atoms with Crippen LogP contribution < -0.4 is 5.32 Å². The molecule has 1 aliphatic rings. The van der Waals surface area contributed by atoms with Crippen LogP contribution in [0.2, 0.25) is 0 Å². The third-order valence-electron chi connectivity index (χ3n) is 3.65. The van der Waals surface area contributed by atoms with Crippen LogP contribution in [-0.2, 0) is 14.3 Å². The van der Waals surface area contributed by atoms with Gasteiger partial charge in [-0.3, -0.25) is 14.5 Å². The van der Waals surface area contributed by atoms with Crippen molar-refractivity contribution in [3.8, 4) is 0 Å². The molecule has 1 heterocycles. The lowest BCUT2D eigenvalue weighted by molar-refractivity contribution is -0.136. The van der Waals surface area contributed by atoms with Crippen LogP contribution in [-0.4, -0.2) is 42.5 Å². The van der Waals surface area contributed by atoms with Crippen molar-refractivity contribution >= 4 is 24.0 Å². The molecule has 6 nitrogen and oxygen atoms in total. The minimum atomic E-state index is -0.452. The standard InChI is InChI=1S/C19H22N2O4/c22-17-11-12-18(23)21(17)14-6-2-5-13-20-19(24)25-15-7-10-16-8-3-1-4-9-16/h1,3-4,7-12H,2,5-6,13-15H2,(H,20,24)/b10-7+. The maximum atomic E-state index is 11.5. The van der Waals surface area contributed by atoms with E-state index in [4.69, 9.17) is 4.74 Å². The van der Waals surface area contributed by atoms with E-state index in [1.165, 1.54) is 17.1 Å². The molecule has 0 saturated heterocycles. The maximum absolute atomic E-state index is 11.5. The van der Waals surface area contributed by atoms with E-state index in [1.807, 2.05) is 36.4 Å². The van der Waals surface area contributed by atoms with Gasteiger partial charge < -0.3 is 10.1 Å². The zero-order valence-electron chi connectivity index (χ0n) is 14.0. The van der Waals surface area contributed by atoms with Crippen molar-refractivity contribution in [2.45, 2.75) is 19.3 Å². The lowest BCUT2D eigenvalue weighted by atomic mass is 10.2. The van der Waals surface area contributed by atoms with E-state index in [0.29, 0.717) is 13.1 Å². The summed E-state index contributed by atoms with van der Waals surface area (Å²) in [6, 6.07) is 9.77. The first-order valence-corrected chi connectivity index (χ1v) is 8.32. The SMILES string of the molecule is O=C(NCCCCCN1C(=O)C=CC1=O)OC/C=C/c1ccccc1. The molecule has 0 saturated carbocycles. The van der Waals surface area contributed by atoms with E-state index in [9.17, 15) is 14.4 Å². The fourth-order valence-corrected chi connectivity index (χ4v) is 2.34. The van der Waals surface area contributed by atoms with Gasteiger partial charge in [-0.1, -0.05) is 36.4 Å². The summed E-state index contributed by atoms with van der Waals surface area (Å²) in [5.41, 5.74) is 1.05. The lowest BCUT2D eigenvalue weighted by Crippen LogP contribution is -2.31. The van der Waals surface area contributed by atoms with Gasteiger partial charge in [0, 0.05) is 25.2 Å². The van der Waals surface area contributed by atoms with E-state index in [2.05, 4.69) is 5.32 Å². The molecular formula is C19H22N2O4. The fraction of sp³-hybridized carbons (Fsp3) is 0.316. The molecule has 0 spiro atoms. The summed E-state index contributed by atoms with van der Waals surface area (Å²) in [7, 11) is 0. The molecule has 0 atom stereocenters. The Morgan fingerprint density at radius 3 is 2.48 bits per heavy atom. The van der Waals surface area contributed by atoms with Crippen LogP contribution in [0, 0.1) is 0 Å². The summed E-state index contributed by atoms with van der Waals surface area (Å²) in [6.07, 6.45) is 8.08. The second-order valence-corrected chi connectivity index (χ2v) is 5.56. The summed E-state index contributed by atoms with van der Waals surface area (Å²) in [4.78, 5) is 35.4. The van der Waals surface area contributed by atoms with Crippen LogP contribution in [0.1, 0.15) is 24.8 Å². The number of rotatable bonds is 9. The number of carbonyl (C=O) groups is 3. The monoisotopic (exact) mass is 342 g/mol. The molecule has 0 aliphatic carbocycles. The Morgan fingerprint density at radius 2 is 1.76 bits per heavy atom. The second-order valence-electron chi connectivity index (χ2n) is 5.56. The highest BCUT2D eigenvalue weighted by Crippen LogP contribution is 2.06. The third kappa shape index (κ3) is 6.63. The molecule has 0 radical (unpaired) electrons. The third-order valence-corrected chi connectivity index (χ3v) is 3.65. The van der Waals surface area contributed by atoms with Gasteiger partial charge in [0.25, 0.3) is 11.8 Å². The average molecular weight is 342 g/mol. The molecule has 132 valence electrons. The van der Waals surface area contributed by atoms with Crippen molar-refractivity contribution in [3.05, 3.63) is 54.1 Å². The van der Waals surface area contributed by atoms with Crippen molar-refractivity contribution < 1.29 is 19.1 Å². The van der Waals surface area contributed by atoms with Gasteiger partial charge in [-0.25, -0.2) is 4.79 Å². The van der Waals surface area contributed by atoms with Gasteiger partial charge in [0.2, 0.25) is 0 Å². The number of hydrogen-bond donors (Lipinski definition) is 1. The predicted octanol–water partition coefficient (Wildman–Crippen LogP) is 2.52. The Labute approximate surface area is 147 Å². The summed E-state index contributed by atoms with van der Waals surface area (Å²) in [5, 5.41) is 2.67. The Bertz CT molecular complexity index is 635. The number of alkyl carbamates (subject to hydrolysis) is 1. The molecule has 0 fully saturated rings. The Kier molecular flexibility index (Phi) is 7.43. The largest absolute Gasteiger partial charge is 0.445 e. The van der Waals surface area contributed by atoms with Crippen molar-refractivity contribution in [1.29, 1.82) is 0 Å². The normalized spacial score (nSPS) is 13.7. The molecule has 1 aromatic carbocycles. The molecule has 6 heteroatoms. The zero-order valence-corrected chi connectivity index (χ0v) is 14.0. The number of imide groups is 1. The summed E-state index contributed by atoms with van der Waals surface area (Å²) < 4.78 is 5.04. The van der Waals surface area contributed by atoms with E-state index in [0.717, 1.165) is 24.8 Å². The Morgan fingerprint density at radius 1 is 1.04 bits per heavy atom. The number of nitrogens with one attached hydrogen (secondary N) is 1. The van der Waals surface area contributed by atoms with Crippen LogP contribution in [0.4, 0.5) is 4.79 Å². The van der Waals surface area contributed by atoms with Gasteiger partial charge in [-0.05, 0) is 30.9 Å². The minimum Gasteiger partial charge on any atom is -0.445 e. The van der Waals surface area contributed by atoms with E-state index in [1.54, 1.807) is 6.08 Å². The highest BCUT2D eigenvalue weighted by Gasteiger charge is 2.22. The predicted molar refractivity (Wildman–Crippen MR) is 94.5 cm³/mol. The van der Waals surface area contributed by atoms with Crippen LogP contribution in [0.15, 0.2) is 48.6 Å². The first-order valence-electron chi connectivity index (χ1n) is 8.32. The van der Waals surface area contributed by atoms with Gasteiger partial charge in [-0.2, -0.15) is 0 Å². The zero-order chi connectivity index (χ0) is 17.9. The molecule has 0 aromatic heterocycles. The summed E-state index contributed by atoms with van der Waals surface area (Å²) in [6.45, 7) is 1.13. The van der Waals surface area contributed by atoms with E-state index >= 15 is 0 Å². The number of amides is 3. The van der Waals surface area contributed by atoms with Crippen LogP contribution >= 0.6 is 0 Å². The van der Waals surface area contributed by atoms with Gasteiger partial charge in [0.05, 0.1) is 0 Å². The maximum Gasteiger partial charge on any atom is 0.407 e. The molecule has 1 aromatic rings. The molecular weight excluding hydrogens is 320 g/mol. The molecule has 0 bridgehead atoms. The number of hydrogen-bond acceptors (Lipinski definition) is 4. The number of benzene rings is 1. The lowest BCUT2D eigenvalue weighted by Gasteiger charge is -2.13. The summed E-state index contributed by atoms with van der Waals surface area (Å²) in [5.74, 6) is -0.509. The first kappa shape index (κ1) is 18.4. The molecule has 25 heavy (non-hydrogen) atoms. The number of carbonyl (C=O) groups excluding carboxylic acids is 3. The van der Waals surface area contributed by atoms with Gasteiger partial charge in [-0.15, -0.1) is 0 Å². The first-order chi connectivity index (χ1) is 12.2. The van der Waals surface area contributed by atoms with Gasteiger partial charge in [0.15, 0.2) is 0 Å². The fourth-order valence-electron chi connectivity index (χ4n) is 2.34. The number of unbranched alkanes of at least 4 members (excludes halogenated alkanes) is 2. The van der Waals surface area contributed by atoms with Crippen molar-refractivity contribution in [2.75, 3.05) is 19.7 Å². The molecule has 1 aliphatic heterocycles. The quantitative estimate of drug-likeness (QED) is 0.553. The van der Waals surface area contributed by atoms with Crippen molar-refractivity contribution in [2.24, 2.45) is 0 Å². The highest BCUT2D eigenvalue weighted by atomic mass is 16.5. The smallest absolute Gasteiger partial charge is 0.407 e. The van der Waals surface area contributed by atoms with E-state index in [-0.39, 0.29) is 18.4 Å². The molecule has 2 rings (SSSR count). The minimum absolute atomic E-state index is 0.215. The van der Waals surface area contributed by atoms with Crippen molar-refractivity contribution in [3.63, 3.8) is 0 Å². The second kappa shape index (κ2) is 10.1.